The maximum atomic E-state index is 14.8. The molecule has 0 aliphatic rings. The van der Waals surface area contributed by atoms with Crippen LogP contribution in [0.25, 0.3) is 27.1 Å². The van der Waals surface area contributed by atoms with Gasteiger partial charge < -0.3 is 9.30 Å². The van der Waals surface area contributed by atoms with Crippen LogP contribution in [0.15, 0.2) is 66.0 Å². The average Bonchev–Trinajstić information content (AvgIpc) is 3.38. The molecule has 0 radical (unpaired) electrons. The van der Waals surface area contributed by atoms with Crippen molar-refractivity contribution < 1.29 is 35.5 Å². The van der Waals surface area contributed by atoms with Gasteiger partial charge in [-0.15, -0.1) is 11.3 Å². The minimum atomic E-state index is -5.03. The number of ether oxygens (including phenoxy) is 1. The molecule has 4 aromatic rings. The van der Waals surface area contributed by atoms with Gasteiger partial charge in [0.2, 0.25) is 0 Å². The molecule has 0 spiro atoms. The minimum Gasteiger partial charge on any atom is -0.483 e. The third-order valence-electron chi connectivity index (χ3n) is 5.82. The molecule has 212 valence electrons. The Bertz CT molecular complexity index is 1730. The number of hydrogen-bond donors (Lipinski definition) is 0. The van der Waals surface area contributed by atoms with E-state index in [0.29, 0.717) is 22.1 Å². The zero-order valence-corrected chi connectivity index (χ0v) is 22.1. The second-order valence-electron chi connectivity index (χ2n) is 8.59. The van der Waals surface area contributed by atoms with E-state index >= 15 is 0 Å². The number of pyridine rings is 1. The van der Waals surface area contributed by atoms with Crippen molar-refractivity contribution in [3.05, 3.63) is 105 Å². The summed E-state index contributed by atoms with van der Waals surface area (Å²) in [7, 11) is 0. The van der Waals surface area contributed by atoms with E-state index in [2.05, 4.69) is 11.3 Å². The lowest BCUT2D eigenvalue weighted by Gasteiger charge is -2.17. The monoisotopic (exact) mass is 612 g/mol. The van der Waals surface area contributed by atoms with Gasteiger partial charge in [-0.3, -0.25) is 4.79 Å². The van der Waals surface area contributed by atoms with Crippen LogP contribution in [0.3, 0.4) is 0 Å². The molecular weight excluding hydrogens is 597 g/mol. The van der Waals surface area contributed by atoms with Gasteiger partial charge in [0.1, 0.15) is 23.2 Å². The highest BCUT2D eigenvalue weighted by molar-refractivity contribution is 7.18. The third kappa shape index (κ3) is 6.64. The third-order valence-corrected chi connectivity index (χ3v) is 7.28. The summed E-state index contributed by atoms with van der Waals surface area (Å²) in [5.74, 6) is -0.947. The van der Waals surface area contributed by atoms with E-state index < -0.39 is 48.0 Å². The smallest absolute Gasteiger partial charge is 0.422 e. The Morgan fingerprint density at radius 2 is 1.73 bits per heavy atom. The standard InChI is InChI=1S/C28H16ClF7N2O2S/c1-2-15-3-4-17(21(30)9-15)13-38-22(11-19(28(34,35)36)18(12-37)26(38)39)25-8-7-24(41-25)16-5-6-23(20(29)10-16)40-14-27(31,32)33/h2-11H,1,13-14H2. The molecule has 0 aliphatic heterocycles. The predicted molar refractivity (Wildman–Crippen MR) is 141 cm³/mol. The van der Waals surface area contributed by atoms with Gasteiger partial charge in [0.15, 0.2) is 6.61 Å². The molecule has 0 amide bonds. The second-order valence-corrected chi connectivity index (χ2v) is 10.1. The molecule has 2 heterocycles. The molecule has 0 N–H and O–H groups in total. The van der Waals surface area contributed by atoms with Crippen molar-refractivity contribution in [2.75, 3.05) is 6.61 Å². The molecule has 0 saturated heterocycles. The summed E-state index contributed by atoms with van der Waals surface area (Å²) in [5.41, 5.74) is -3.21. The predicted octanol–water partition coefficient (Wildman–Crippen LogP) is 8.56. The fourth-order valence-corrected chi connectivity index (χ4v) is 5.15. The molecule has 41 heavy (non-hydrogen) atoms. The molecule has 0 fully saturated rings. The number of nitriles is 1. The average molecular weight is 613 g/mol. The maximum Gasteiger partial charge on any atom is 0.422 e. The van der Waals surface area contributed by atoms with Crippen molar-refractivity contribution in [2.45, 2.75) is 18.9 Å². The van der Waals surface area contributed by atoms with Crippen LogP contribution < -0.4 is 10.3 Å². The fraction of sp³-hybridized carbons (Fsp3) is 0.143. The molecule has 0 aliphatic carbocycles. The highest BCUT2D eigenvalue weighted by Crippen LogP contribution is 2.40. The van der Waals surface area contributed by atoms with Crippen LogP contribution in [0, 0.1) is 17.1 Å². The van der Waals surface area contributed by atoms with Gasteiger partial charge in [-0.1, -0.05) is 36.4 Å². The number of halogens is 8. The van der Waals surface area contributed by atoms with Crippen molar-refractivity contribution in [3.63, 3.8) is 0 Å². The SMILES string of the molecule is C=Cc1ccc(Cn2c(-c3ccc(-c4ccc(OCC(F)(F)F)c(Cl)c4)s3)cc(C(F)(F)F)c(C#N)c2=O)c(F)c1. The molecule has 13 heteroatoms. The van der Waals surface area contributed by atoms with E-state index in [1.165, 1.54) is 54.6 Å². The number of benzene rings is 2. The van der Waals surface area contributed by atoms with E-state index in [0.717, 1.165) is 22.0 Å². The van der Waals surface area contributed by atoms with Crippen LogP contribution >= 0.6 is 22.9 Å². The highest BCUT2D eigenvalue weighted by atomic mass is 35.5. The van der Waals surface area contributed by atoms with Crippen molar-refractivity contribution in [2.24, 2.45) is 0 Å². The molecule has 4 rings (SSSR count). The van der Waals surface area contributed by atoms with Gasteiger partial charge in [0, 0.05) is 10.4 Å². The van der Waals surface area contributed by atoms with Crippen molar-refractivity contribution in [3.8, 4) is 32.8 Å². The van der Waals surface area contributed by atoms with Crippen LogP contribution in [-0.4, -0.2) is 17.4 Å². The molecule has 2 aromatic carbocycles. The number of nitrogens with zero attached hydrogens (tertiary/aromatic N) is 2. The van der Waals surface area contributed by atoms with Gasteiger partial charge in [-0.05, 0) is 53.6 Å². The Labute approximate surface area is 237 Å². The summed E-state index contributed by atoms with van der Waals surface area (Å²) < 4.78 is 99.3. The van der Waals surface area contributed by atoms with Gasteiger partial charge in [0.05, 0.1) is 27.7 Å². The van der Waals surface area contributed by atoms with Crippen LogP contribution in [-0.2, 0) is 12.7 Å². The Balaban J connectivity index is 1.82. The number of hydrogen-bond acceptors (Lipinski definition) is 4. The molecule has 4 nitrogen and oxygen atoms in total. The van der Waals surface area contributed by atoms with Crippen LogP contribution in [0.4, 0.5) is 30.7 Å². The summed E-state index contributed by atoms with van der Waals surface area (Å²) >= 11 is 7.03. The second kappa shape index (κ2) is 11.4. The molecule has 2 aromatic heterocycles. The first-order valence-corrected chi connectivity index (χ1v) is 12.7. The van der Waals surface area contributed by atoms with E-state index in [9.17, 15) is 40.8 Å². The summed E-state index contributed by atoms with van der Waals surface area (Å²) in [6, 6.07) is 12.9. The maximum absolute atomic E-state index is 14.8. The first-order valence-electron chi connectivity index (χ1n) is 11.5. The Kier molecular flexibility index (Phi) is 8.33. The quantitative estimate of drug-likeness (QED) is 0.197. The largest absolute Gasteiger partial charge is 0.483 e. The van der Waals surface area contributed by atoms with Gasteiger partial charge >= 0.3 is 12.4 Å². The first-order chi connectivity index (χ1) is 19.2. The zero-order chi connectivity index (χ0) is 30.1. The number of thiophene rings is 1. The molecule has 0 atom stereocenters. The number of aromatic nitrogens is 1. The van der Waals surface area contributed by atoms with Crippen LogP contribution in [0.1, 0.15) is 22.3 Å². The highest BCUT2D eigenvalue weighted by Gasteiger charge is 2.37. The number of alkyl halides is 6. The topological polar surface area (TPSA) is 55.0 Å². The summed E-state index contributed by atoms with van der Waals surface area (Å²) in [6.45, 7) is 1.51. The molecule has 0 saturated carbocycles. The lowest BCUT2D eigenvalue weighted by Crippen LogP contribution is -2.28. The first kappa shape index (κ1) is 29.9. The van der Waals surface area contributed by atoms with Crippen molar-refractivity contribution in [1.29, 1.82) is 5.26 Å². The Hall–Kier alpha value is -4.08. The minimum absolute atomic E-state index is 0.0133. The Morgan fingerprint density at radius 1 is 1.02 bits per heavy atom. The summed E-state index contributed by atoms with van der Waals surface area (Å²) in [4.78, 5) is 13.8. The molecule has 0 unspecified atom stereocenters. The fourth-order valence-electron chi connectivity index (χ4n) is 3.89. The summed E-state index contributed by atoms with van der Waals surface area (Å²) in [6.07, 6.45) is -8.22. The summed E-state index contributed by atoms with van der Waals surface area (Å²) in [5, 5.41) is 9.26. The van der Waals surface area contributed by atoms with Crippen molar-refractivity contribution in [1.82, 2.24) is 4.57 Å². The van der Waals surface area contributed by atoms with Crippen LogP contribution in [0.2, 0.25) is 5.02 Å². The van der Waals surface area contributed by atoms with E-state index in [-0.39, 0.29) is 26.9 Å². The number of rotatable bonds is 7. The molecular formula is C28H16ClF7N2O2S. The zero-order valence-electron chi connectivity index (χ0n) is 20.5. The molecule has 0 bridgehead atoms. The normalized spacial score (nSPS) is 11.8. The van der Waals surface area contributed by atoms with Gasteiger partial charge in [0.25, 0.3) is 5.56 Å². The van der Waals surface area contributed by atoms with Gasteiger partial charge in [-0.25, -0.2) is 4.39 Å². The lowest BCUT2D eigenvalue weighted by molar-refractivity contribution is -0.153. The van der Waals surface area contributed by atoms with E-state index in [1.807, 2.05) is 0 Å². The van der Waals surface area contributed by atoms with E-state index in [1.54, 1.807) is 0 Å². The van der Waals surface area contributed by atoms with Crippen molar-refractivity contribution >= 4 is 29.0 Å². The van der Waals surface area contributed by atoms with Gasteiger partial charge in [-0.2, -0.15) is 31.6 Å². The van der Waals surface area contributed by atoms with E-state index in [4.69, 9.17) is 11.6 Å². The lowest BCUT2D eigenvalue weighted by atomic mass is 10.1. The Morgan fingerprint density at radius 3 is 2.32 bits per heavy atom. The van der Waals surface area contributed by atoms with Crippen LogP contribution in [0.5, 0.6) is 5.75 Å².